The molecule has 1 unspecified atom stereocenters. The zero-order valence-electron chi connectivity index (χ0n) is 9.95. The van der Waals surface area contributed by atoms with Crippen molar-refractivity contribution in [3.05, 3.63) is 0 Å². The lowest BCUT2D eigenvalue weighted by atomic mass is 10.1. The van der Waals surface area contributed by atoms with Gasteiger partial charge in [0.15, 0.2) is 0 Å². The maximum Gasteiger partial charge on any atom is 0.246 e. The van der Waals surface area contributed by atoms with Crippen molar-refractivity contribution in [2.45, 2.75) is 39.7 Å². The van der Waals surface area contributed by atoms with E-state index < -0.39 is 6.10 Å². The van der Waals surface area contributed by atoms with Gasteiger partial charge in [0.25, 0.3) is 0 Å². The Morgan fingerprint density at radius 1 is 1.47 bits per heavy atom. The first-order valence-electron chi connectivity index (χ1n) is 5.60. The fraction of sp³-hybridized carbons (Fsp3) is 0.909. The van der Waals surface area contributed by atoms with Crippen molar-refractivity contribution >= 4 is 5.91 Å². The Hall–Kier alpha value is -0.610. The number of ether oxygens (including phenoxy) is 1. The first-order valence-corrected chi connectivity index (χ1v) is 5.60. The molecule has 0 heterocycles. The molecule has 0 spiro atoms. The molecule has 4 nitrogen and oxygen atoms in total. The Morgan fingerprint density at radius 3 is 2.67 bits per heavy atom. The molecule has 2 N–H and O–H groups in total. The summed E-state index contributed by atoms with van der Waals surface area (Å²) in [4.78, 5) is 11.2. The van der Waals surface area contributed by atoms with Crippen LogP contribution in [-0.2, 0) is 9.53 Å². The van der Waals surface area contributed by atoms with E-state index in [1.54, 1.807) is 0 Å². The van der Waals surface area contributed by atoms with Crippen molar-refractivity contribution in [3.63, 3.8) is 0 Å². The predicted molar refractivity (Wildman–Crippen MR) is 59.6 cm³/mol. The van der Waals surface area contributed by atoms with Crippen LogP contribution in [0, 0.1) is 5.92 Å². The molecule has 0 bridgehead atoms. The molecule has 0 rings (SSSR count). The van der Waals surface area contributed by atoms with Gasteiger partial charge in [0, 0.05) is 13.2 Å². The number of carbonyl (C=O) groups is 1. The van der Waals surface area contributed by atoms with Gasteiger partial charge in [0.1, 0.15) is 6.61 Å². The molecule has 1 amide bonds. The standard InChI is InChI=1S/C11H23NO3/c1-4-5-6-15-8-11(14)12-7-10(13)9(2)3/h9-10,13H,4-8H2,1-3H3,(H,12,14). The smallest absolute Gasteiger partial charge is 0.246 e. The maximum atomic E-state index is 11.2. The molecule has 0 saturated heterocycles. The van der Waals surface area contributed by atoms with Crippen molar-refractivity contribution in [2.75, 3.05) is 19.8 Å². The summed E-state index contributed by atoms with van der Waals surface area (Å²) in [6.07, 6.45) is 1.56. The monoisotopic (exact) mass is 217 g/mol. The molecule has 90 valence electrons. The third-order valence-corrected chi connectivity index (χ3v) is 2.15. The summed E-state index contributed by atoms with van der Waals surface area (Å²) in [6.45, 7) is 6.90. The van der Waals surface area contributed by atoms with Crippen molar-refractivity contribution in [1.29, 1.82) is 0 Å². The number of carbonyl (C=O) groups excluding carboxylic acids is 1. The fourth-order valence-electron chi connectivity index (χ4n) is 0.916. The molecular weight excluding hydrogens is 194 g/mol. The van der Waals surface area contributed by atoms with E-state index in [0.717, 1.165) is 12.8 Å². The van der Waals surface area contributed by atoms with E-state index >= 15 is 0 Å². The molecule has 0 aliphatic rings. The number of nitrogens with one attached hydrogen (secondary N) is 1. The van der Waals surface area contributed by atoms with Crippen LogP contribution in [0.25, 0.3) is 0 Å². The number of unbranched alkanes of at least 4 members (excludes halogenated alkanes) is 1. The van der Waals surface area contributed by atoms with E-state index in [1.807, 2.05) is 13.8 Å². The Morgan fingerprint density at radius 2 is 2.13 bits per heavy atom. The van der Waals surface area contributed by atoms with E-state index in [4.69, 9.17) is 4.74 Å². The third kappa shape index (κ3) is 8.39. The van der Waals surface area contributed by atoms with E-state index in [1.165, 1.54) is 0 Å². The quantitative estimate of drug-likeness (QED) is 0.595. The fourth-order valence-corrected chi connectivity index (χ4v) is 0.916. The minimum atomic E-state index is -0.482. The van der Waals surface area contributed by atoms with Gasteiger partial charge in [0.2, 0.25) is 5.91 Å². The van der Waals surface area contributed by atoms with E-state index in [0.29, 0.717) is 13.2 Å². The Bertz CT molecular complexity index is 171. The average molecular weight is 217 g/mol. The molecule has 0 saturated carbocycles. The molecule has 4 heteroatoms. The second-order valence-electron chi connectivity index (χ2n) is 4.02. The van der Waals surface area contributed by atoms with E-state index in [9.17, 15) is 9.90 Å². The molecule has 0 aromatic rings. The van der Waals surface area contributed by atoms with Crippen LogP contribution in [-0.4, -0.2) is 36.9 Å². The molecule has 1 atom stereocenters. The second-order valence-corrected chi connectivity index (χ2v) is 4.02. The zero-order chi connectivity index (χ0) is 11.7. The number of aliphatic hydroxyl groups excluding tert-OH is 1. The normalized spacial score (nSPS) is 12.9. The summed E-state index contributed by atoms with van der Waals surface area (Å²) in [5, 5.41) is 12.1. The lowest BCUT2D eigenvalue weighted by Crippen LogP contribution is -2.36. The summed E-state index contributed by atoms with van der Waals surface area (Å²) in [6, 6.07) is 0. The lowest BCUT2D eigenvalue weighted by molar-refractivity contribution is -0.126. The lowest BCUT2D eigenvalue weighted by Gasteiger charge is -2.14. The molecule has 0 aliphatic carbocycles. The number of hydrogen-bond donors (Lipinski definition) is 2. The topological polar surface area (TPSA) is 58.6 Å². The highest BCUT2D eigenvalue weighted by atomic mass is 16.5. The Labute approximate surface area is 92.0 Å². The summed E-state index contributed by atoms with van der Waals surface area (Å²) in [7, 11) is 0. The van der Waals surface area contributed by atoms with Gasteiger partial charge < -0.3 is 15.2 Å². The minimum Gasteiger partial charge on any atom is -0.391 e. The highest BCUT2D eigenvalue weighted by molar-refractivity contribution is 5.77. The summed E-state index contributed by atoms with van der Waals surface area (Å²) in [5.41, 5.74) is 0. The predicted octanol–water partition coefficient (Wildman–Crippen LogP) is 0.936. The molecule has 0 radical (unpaired) electrons. The Kier molecular flexibility index (Phi) is 8.33. The Balaban J connectivity index is 3.41. The van der Waals surface area contributed by atoms with Gasteiger partial charge in [-0.3, -0.25) is 4.79 Å². The van der Waals surface area contributed by atoms with Crippen LogP contribution in [0.4, 0.5) is 0 Å². The van der Waals surface area contributed by atoms with E-state index in [-0.39, 0.29) is 18.4 Å². The van der Waals surface area contributed by atoms with Crippen LogP contribution in [0.2, 0.25) is 0 Å². The highest BCUT2D eigenvalue weighted by Crippen LogP contribution is 1.98. The van der Waals surface area contributed by atoms with Crippen LogP contribution < -0.4 is 5.32 Å². The maximum absolute atomic E-state index is 11.2. The molecular formula is C11H23NO3. The van der Waals surface area contributed by atoms with Gasteiger partial charge in [-0.15, -0.1) is 0 Å². The summed E-state index contributed by atoms with van der Waals surface area (Å²) >= 11 is 0. The van der Waals surface area contributed by atoms with Gasteiger partial charge in [0.05, 0.1) is 6.10 Å². The van der Waals surface area contributed by atoms with Crippen molar-refractivity contribution in [1.82, 2.24) is 5.32 Å². The number of hydrogen-bond acceptors (Lipinski definition) is 3. The first-order chi connectivity index (χ1) is 7.07. The van der Waals surface area contributed by atoms with Crippen LogP contribution in [0.1, 0.15) is 33.6 Å². The molecule has 0 fully saturated rings. The van der Waals surface area contributed by atoms with Gasteiger partial charge in [-0.2, -0.15) is 0 Å². The first kappa shape index (κ1) is 14.4. The molecule has 0 aromatic heterocycles. The highest BCUT2D eigenvalue weighted by Gasteiger charge is 2.10. The largest absolute Gasteiger partial charge is 0.391 e. The van der Waals surface area contributed by atoms with Crippen LogP contribution in [0.15, 0.2) is 0 Å². The summed E-state index contributed by atoms with van der Waals surface area (Å²) in [5.74, 6) is -0.00267. The van der Waals surface area contributed by atoms with Gasteiger partial charge in [-0.05, 0) is 12.3 Å². The SMILES string of the molecule is CCCCOCC(=O)NCC(O)C(C)C. The minimum absolute atomic E-state index is 0.0881. The summed E-state index contributed by atoms with van der Waals surface area (Å²) < 4.78 is 5.13. The van der Waals surface area contributed by atoms with E-state index in [2.05, 4.69) is 12.2 Å². The molecule has 0 aromatic carbocycles. The molecule has 15 heavy (non-hydrogen) atoms. The molecule has 0 aliphatic heterocycles. The number of amides is 1. The van der Waals surface area contributed by atoms with Crippen molar-refractivity contribution in [3.8, 4) is 0 Å². The van der Waals surface area contributed by atoms with Crippen LogP contribution in [0.5, 0.6) is 0 Å². The third-order valence-electron chi connectivity index (χ3n) is 2.15. The van der Waals surface area contributed by atoms with Crippen molar-refractivity contribution < 1.29 is 14.6 Å². The zero-order valence-corrected chi connectivity index (χ0v) is 9.95. The second kappa shape index (κ2) is 8.68. The number of aliphatic hydroxyl groups is 1. The number of rotatable bonds is 8. The van der Waals surface area contributed by atoms with Gasteiger partial charge in [-0.1, -0.05) is 27.2 Å². The van der Waals surface area contributed by atoms with Gasteiger partial charge in [-0.25, -0.2) is 0 Å². The van der Waals surface area contributed by atoms with Crippen LogP contribution in [0.3, 0.4) is 0 Å². The van der Waals surface area contributed by atoms with Crippen LogP contribution >= 0.6 is 0 Å². The van der Waals surface area contributed by atoms with Gasteiger partial charge >= 0.3 is 0 Å². The average Bonchev–Trinajstić information content (AvgIpc) is 2.20. The van der Waals surface area contributed by atoms with Crippen molar-refractivity contribution in [2.24, 2.45) is 5.92 Å².